The summed E-state index contributed by atoms with van der Waals surface area (Å²) in [7, 11) is 1.58. The number of halogens is 8. The highest BCUT2D eigenvalue weighted by Crippen LogP contribution is 2.38. The van der Waals surface area contributed by atoms with Gasteiger partial charge in [0.25, 0.3) is 6.43 Å². The van der Waals surface area contributed by atoms with Gasteiger partial charge in [-0.1, -0.05) is 24.8 Å². The highest BCUT2D eigenvalue weighted by Gasteiger charge is 2.32. The number of hydrogen-bond acceptors (Lipinski definition) is 3. The Balaban J connectivity index is 0.000000417. The molecule has 0 saturated carbocycles. The second kappa shape index (κ2) is 11.4. The molecule has 0 saturated heterocycles. The van der Waals surface area contributed by atoms with Gasteiger partial charge in [0.05, 0.1) is 23.1 Å². The molecule has 1 aliphatic heterocycles. The third-order valence-corrected chi connectivity index (χ3v) is 6.60. The number of hydrogen-bond donors (Lipinski definition) is 3. The van der Waals surface area contributed by atoms with Crippen LogP contribution in [0, 0.1) is 17.0 Å². The maximum absolute atomic E-state index is 13.9. The number of aromatic nitrogens is 2. The summed E-state index contributed by atoms with van der Waals surface area (Å²) in [5.74, 6) is -1.33. The number of nitrogens with zero attached hydrogens (tertiary/aromatic N) is 2. The number of imidazole rings is 1. The molecule has 0 bridgehead atoms. The quantitative estimate of drug-likeness (QED) is 0.209. The molecular formula is C28H23ClF7N5. The van der Waals surface area contributed by atoms with Crippen LogP contribution in [-0.4, -0.2) is 15.6 Å². The first kappa shape index (κ1) is 29.8. The van der Waals surface area contributed by atoms with Crippen LogP contribution in [0.1, 0.15) is 22.3 Å². The van der Waals surface area contributed by atoms with Crippen LogP contribution in [0.25, 0.3) is 22.4 Å². The number of rotatable bonds is 5. The zero-order chi connectivity index (χ0) is 30.2. The van der Waals surface area contributed by atoms with Gasteiger partial charge in [-0.2, -0.15) is 13.2 Å². The van der Waals surface area contributed by atoms with Gasteiger partial charge in [-0.25, -0.2) is 17.6 Å². The number of fused-ring (bicyclic) bond motifs is 3. The molecular weight excluding hydrogens is 575 g/mol. The van der Waals surface area contributed by atoms with E-state index in [0.717, 1.165) is 16.7 Å². The van der Waals surface area contributed by atoms with E-state index >= 15 is 0 Å². The molecule has 13 heteroatoms. The van der Waals surface area contributed by atoms with E-state index in [4.69, 9.17) is 17.0 Å². The Morgan fingerprint density at radius 1 is 1.10 bits per heavy atom. The lowest BCUT2D eigenvalue weighted by atomic mass is 10.0. The summed E-state index contributed by atoms with van der Waals surface area (Å²) in [5.41, 5.74) is 1.56. The lowest BCUT2D eigenvalue weighted by Crippen LogP contribution is -2.25. The molecule has 1 aromatic heterocycles. The van der Waals surface area contributed by atoms with Crippen molar-refractivity contribution in [2.75, 3.05) is 5.32 Å². The summed E-state index contributed by atoms with van der Waals surface area (Å²) in [4.78, 5) is 0. The van der Waals surface area contributed by atoms with Crippen molar-refractivity contribution in [3.05, 3.63) is 106 Å². The molecule has 0 radical (unpaired) electrons. The predicted molar refractivity (Wildman–Crippen MR) is 144 cm³/mol. The van der Waals surface area contributed by atoms with Gasteiger partial charge in [0.15, 0.2) is 0 Å². The van der Waals surface area contributed by atoms with E-state index in [0.29, 0.717) is 51.2 Å². The van der Waals surface area contributed by atoms with Gasteiger partial charge in [0.1, 0.15) is 11.6 Å². The number of alkyl halides is 5. The van der Waals surface area contributed by atoms with Crippen LogP contribution in [0.2, 0.25) is 5.02 Å². The SMILES string of the molecule is C=C(Nc1cc2c(c3c1CNC3=C)n(C)c(=N)n2CC(F)F)c1cc(F)cc(C(F)(F)F)c1.Fc1ccc(Cl)cc1. The Hall–Kier alpha value is -4.19. The van der Waals surface area contributed by atoms with Gasteiger partial charge in [-0.3, -0.25) is 5.41 Å². The smallest absolute Gasteiger partial charge is 0.381 e. The predicted octanol–water partition coefficient (Wildman–Crippen LogP) is 7.52. The summed E-state index contributed by atoms with van der Waals surface area (Å²) < 4.78 is 94.2. The standard InChI is InChI=1S/C22H19F6N5.C6H4ClF/c1-10(12-4-13(22(26,27)28)6-14(23)5-12)31-16-7-17-20(19-11(2)30-8-15(16)19)32(3)21(29)33(17)9-18(24)25;7-5-1-3-6(8)4-2-5/h4-7,18,29-31H,1-2,8-9H2,3H3;1-4H. The molecule has 0 unspecified atom stereocenters. The fourth-order valence-electron chi connectivity index (χ4n) is 4.46. The molecule has 216 valence electrons. The Morgan fingerprint density at radius 2 is 1.76 bits per heavy atom. The van der Waals surface area contributed by atoms with Gasteiger partial charge in [0, 0.05) is 52.4 Å². The van der Waals surface area contributed by atoms with E-state index in [1.54, 1.807) is 7.05 Å². The largest absolute Gasteiger partial charge is 0.416 e. The molecule has 0 atom stereocenters. The molecule has 5 rings (SSSR count). The van der Waals surface area contributed by atoms with Gasteiger partial charge >= 0.3 is 6.18 Å². The maximum atomic E-state index is 13.9. The summed E-state index contributed by atoms with van der Waals surface area (Å²) in [6.45, 7) is 7.29. The topological polar surface area (TPSA) is 57.8 Å². The molecule has 1 aliphatic rings. The van der Waals surface area contributed by atoms with Gasteiger partial charge in [0.2, 0.25) is 5.62 Å². The van der Waals surface area contributed by atoms with Crippen molar-refractivity contribution < 1.29 is 30.7 Å². The van der Waals surface area contributed by atoms with Crippen molar-refractivity contribution in [3.8, 4) is 0 Å². The first-order valence-corrected chi connectivity index (χ1v) is 12.3. The molecule has 0 spiro atoms. The minimum Gasteiger partial charge on any atom is -0.381 e. The summed E-state index contributed by atoms with van der Waals surface area (Å²) >= 11 is 5.44. The van der Waals surface area contributed by atoms with Crippen molar-refractivity contribution in [3.63, 3.8) is 0 Å². The Kier molecular flexibility index (Phi) is 8.25. The number of anilines is 1. The first-order chi connectivity index (χ1) is 19.2. The number of nitrogens with one attached hydrogen (secondary N) is 3. The van der Waals surface area contributed by atoms with E-state index < -0.39 is 30.5 Å². The minimum atomic E-state index is -4.74. The Bertz CT molecular complexity index is 1680. The van der Waals surface area contributed by atoms with E-state index in [2.05, 4.69) is 23.8 Å². The second-order valence-corrected chi connectivity index (χ2v) is 9.56. The molecule has 3 aromatic carbocycles. The highest BCUT2D eigenvalue weighted by molar-refractivity contribution is 6.30. The van der Waals surface area contributed by atoms with E-state index in [1.807, 2.05) is 0 Å². The third kappa shape index (κ3) is 6.27. The normalized spacial score (nSPS) is 12.7. The molecule has 4 aromatic rings. The summed E-state index contributed by atoms with van der Waals surface area (Å²) in [6, 6.07) is 9.28. The van der Waals surface area contributed by atoms with E-state index in [1.165, 1.54) is 34.9 Å². The fraction of sp³-hybridized carbons (Fsp3) is 0.179. The average molecular weight is 598 g/mol. The molecule has 0 fully saturated rings. The fourth-order valence-corrected chi connectivity index (χ4v) is 4.59. The van der Waals surface area contributed by atoms with Crippen LogP contribution in [0.15, 0.2) is 61.7 Å². The first-order valence-electron chi connectivity index (χ1n) is 11.9. The van der Waals surface area contributed by atoms with Crippen molar-refractivity contribution in [1.29, 1.82) is 5.41 Å². The van der Waals surface area contributed by atoms with Crippen molar-refractivity contribution in [2.45, 2.75) is 25.7 Å². The van der Waals surface area contributed by atoms with Crippen molar-refractivity contribution in [2.24, 2.45) is 7.05 Å². The third-order valence-electron chi connectivity index (χ3n) is 6.35. The number of aryl methyl sites for hydroxylation is 1. The lowest BCUT2D eigenvalue weighted by Gasteiger charge is -2.16. The zero-order valence-electron chi connectivity index (χ0n) is 21.4. The highest BCUT2D eigenvalue weighted by atomic mass is 35.5. The Labute approximate surface area is 234 Å². The van der Waals surface area contributed by atoms with Gasteiger partial charge in [-0.05, 0) is 48.5 Å². The molecule has 0 amide bonds. The molecule has 5 nitrogen and oxygen atoms in total. The van der Waals surface area contributed by atoms with Gasteiger partial charge < -0.3 is 19.8 Å². The van der Waals surface area contributed by atoms with Crippen LogP contribution in [0.5, 0.6) is 0 Å². The Morgan fingerprint density at radius 3 is 2.34 bits per heavy atom. The van der Waals surface area contributed by atoms with E-state index in [-0.39, 0.29) is 22.7 Å². The minimum absolute atomic E-state index is 0.0125. The van der Waals surface area contributed by atoms with Crippen LogP contribution in [0.4, 0.5) is 36.4 Å². The van der Waals surface area contributed by atoms with Crippen LogP contribution in [-0.2, 0) is 26.3 Å². The molecule has 2 heterocycles. The average Bonchev–Trinajstić information content (AvgIpc) is 3.38. The van der Waals surface area contributed by atoms with Crippen molar-refractivity contribution in [1.82, 2.24) is 14.5 Å². The van der Waals surface area contributed by atoms with Crippen LogP contribution >= 0.6 is 11.6 Å². The van der Waals surface area contributed by atoms with E-state index in [9.17, 15) is 30.7 Å². The molecule has 41 heavy (non-hydrogen) atoms. The van der Waals surface area contributed by atoms with Crippen LogP contribution in [0.3, 0.4) is 0 Å². The molecule has 3 N–H and O–H groups in total. The summed E-state index contributed by atoms with van der Waals surface area (Å²) in [6.07, 6.45) is -7.45. The lowest BCUT2D eigenvalue weighted by molar-refractivity contribution is -0.137. The summed E-state index contributed by atoms with van der Waals surface area (Å²) in [5, 5.41) is 14.8. The second-order valence-electron chi connectivity index (χ2n) is 9.13. The monoisotopic (exact) mass is 597 g/mol. The zero-order valence-corrected chi connectivity index (χ0v) is 22.2. The van der Waals surface area contributed by atoms with Crippen LogP contribution < -0.4 is 16.3 Å². The number of benzene rings is 3. The maximum Gasteiger partial charge on any atom is 0.416 e. The molecule has 0 aliphatic carbocycles. The van der Waals surface area contributed by atoms with Crippen molar-refractivity contribution >= 4 is 39.7 Å². The van der Waals surface area contributed by atoms with Gasteiger partial charge in [-0.15, -0.1) is 0 Å².